The van der Waals surface area contributed by atoms with Gasteiger partial charge in [0.05, 0.1) is 29.5 Å². The van der Waals surface area contributed by atoms with E-state index in [4.69, 9.17) is 4.98 Å². The Morgan fingerprint density at radius 2 is 1.89 bits per heavy atom. The van der Waals surface area contributed by atoms with E-state index in [0.29, 0.717) is 29.0 Å². The SMILES string of the molecule is CC(NC(=O)c1ccc(-c2ccc3nnn(Cc4ccc5ncccc5c4)c3n2)cc1F)N1CCCC1. The number of aromatic nitrogens is 5. The molecule has 1 fully saturated rings. The highest BCUT2D eigenvalue weighted by Gasteiger charge is 2.22. The zero-order valence-electron chi connectivity index (χ0n) is 20.4. The van der Waals surface area contributed by atoms with Gasteiger partial charge in [-0.05, 0) is 67.8 Å². The molecule has 8 nitrogen and oxygen atoms in total. The summed E-state index contributed by atoms with van der Waals surface area (Å²) < 4.78 is 16.8. The third-order valence-electron chi connectivity index (χ3n) is 6.90. The van der Waals surface area contributed by atoms with Gasteiger partial charge >= 0.3 is 0 Å². The van der Waals surface area contributed by atoms with Crippen molar-refractivity contribution >= 4 is 28.0 Å². The highest BCUT2D eigenvalue weighted by molar-refractivity contribution is 5.95. The Balaban J connectivity index is 1.24. The largest absolute Gasteiger partial charge is 0.337 e. The minimum Gasteiger partial charge on any atom is -0.337 e. The quantitative estimate of drug-likeness (QED) is 0.376. The molecule has 0 spiro atoms. The fourth-order valence-electron chi connectivity index (χ4n) is 4.86. The lowest BCUT2D eigenvalue weighted by atomic mass is 10.1. The van der Waals surface area contributed by atoms with Crippen LogP contribution in [-0.2, 0) is 6.54 Å². The van der Waals surface area contributed by atoms with E-state index in [2.05, 4.69) is 31.6 Å². The van der Waals surface area contributed by atoms with E-state index in [0.717, 1.165) is 42.4 Å². The van der Waals surface area contributed by atoms with Crippen LogP contribution in [0.3, 0.4) is 0 Å². The number of nitrogens with zero attached hydrogens (tertiary/aromatic N) is 6. The molecule has 4 heterocycles. The first-order valence-electron chi connectivity index (χ1n) is 12.4. The molecule has 1 aliphatic rings. The number of likely N-dealkylation sites (tertiary alicyclic amines) is 1. The molecule has 1 atom stereocenters. The number of carbonyl (C=O) groups is 1. The van der Waals surface area contributed by atoms with Gasteiger partial charge in [0.25, 0.3) is 5.91 Å². The van der Waals surface area contributed by atoms with Crippen molar-refractivity contribution in [2.24, 2.45) is 0 Å². The van der Waals surface area contributed by atoms with Crippen LogP contribution in [0.15, 0.2) is 66.9 Å². The normalized spacial score (nSPS) is 14.9. The van der Waals surface area contributed by atoms with E-state index >= 15 is 4.39 Å². The van der Waals surface area contributed by atoms with Gasteiger partial charge in [0.2, 0.25) is 0 Å². The molecule has 1 amide bonds. The highest BCUT2D eigenvalue weighted by atomic mass is 19.1. The molecule has 1 N–H and O–H groups in total. The molecule has 9 heteroatoms. The van der Waals surface area contributed by atoms with Gasteiger partial charge in [-0.3, -0.25) is 14.7 Å². The number of rotatable bonds is 6. The molecule has 1 aliphatic heterocycles. The maximum Gasteiger partial charge on any atom is 0.255 e. The number of carbonyl (C=O) groups excluding carboxylic acids is 1. The smallest absolute Gasteiger partial charge is 0.255 e. The Morgan fingerprint density at radius 3 is 2.73 bits per heavy atom. The van der Waals surface area contributed by atoms with Crippen molar-refractivity contribution in [3.05, 3.63) is 83.8 Å². The van der Waals surface area contributed by atoms with Crippen molar-refractivity contribution in [3.63, 3.8) is 0 Å². The maximum absolute atomic E-state index is 15.0. The first kappa shape index (κ1) is 23.2. The minimum absolute atomic E-state index is 0.0216. The van der Waals surface area contributed by atoms with Gasteiger partial charge in [0, 0.05) is 30.2 Å². The van der Waals surface area contributed by atoms with E-state index in [1.807, 2.05) is 37.3 Å². The van der Waals surface area contributed by atoms with Crippen LogP contribution >= 0.6 is 0 Å². The molecule has 3 aromatic heterocycles. The fraction of sp³-hybridized carbons (Fsp3) is 0.250. The fourth-order valence-corrected chi connectivity index (χ4v) is 4.86. The van der Waals surface area contributed by atoms with Gasteiger partial charge in [-0.2, -0.15) is 0 Å². The molecule has 186 valence electrons. The lowest BCUT2D eigenvalue weighted by Gasteiger charge is -2.24. The van der Waals surface area contributed by atoms with Crippen LogP contribution in [0.2, 0.25) is 0 Å². The number of hydrogen-bond acceptors (Lipinski definition) is 6. The van der Waals surface area contributed by atoms with Crippen LogP contribution in [0.1, 0.15) is 35.7 Å². The second-order valence-electron chi connectivity index (χ2n) is 9.40. The monoisotopic (exact) mass is 495 g/mol. The van der Waals surface area contributed by atoms with Crippen molar-refractivity contribution in [1.29, 1.82) is 0 Å². The second-order valence-corrected chi connectivity index (χ2v) is 9.40. The minimum atomic E-state index is -0.582. The van der Waals surface area contributed by atoms with Crippen LogP contribution in [-0.4, -0.2) is 55.0 Å². The second kappa shape index (κ2) is 9.67. The number of benzene rings is 2. The molecule has 0 aliphatic carbocycles. The number of amides is 1. The maximum atomic E-state index is 15.0. The van der Waals surface area contributed by atoms with Gasteiger partial charge in [-0.1, -0.05) is 23.4 Å². The van der Waals surface area contributed by atoms with Crippen LogP contribution in [0.25, 0.3) is 33.3 Å². The predicted molar refractivity (Wildman–Crippen MR) is 139 cm³/mol. The van der Waals surface area contributed by atoms with Crippen LogP contribution in [0.5, 0.6) is 0 Å². The molecule has 0 radical (unpaired) electrons. The lowest BCUT2D eigenvalue weighted by Crippen LogP contribution is -2.45. The van der Waals surface area contributed by atoms with Crippen molar-refractivity contribution < 1.29 is 9.18 Å². The standard InChI is InChI=1S/C28H26FN7O/c1-18(35-13-2-3-14-35)31-28(37)22-8-7-21(16-23(22)29)25-10-11-26-27(32-25)36(34-33-26)17-19-6-9-24-20(15-19)5-4-12-30-24/h4-12,15-16,18H,2-3,13-14,17H2,1H3,(H,31,37). The Kier molecular flexibility index (Phi) is 6.05. The van der Waals surface area contributed by atoms with Gasteiger partial charge < -0.3 is 5.32 Å². The average Bonchev–Trinajstić information content (AvgIpc) is 3.59. The molecule has 37 heavy (non-hydrogen) atoms. The summed E-state index contributed by atoms with van der Waals surface area (Å²) in [6.45, 7) is 4.31. The first-order valence-corrected chi connectivity index (χ1v) is 12.4. The summed E-state index contributed by atoms with van der Waals surface area (Å²) in [6.07, 6.45) is 3.88. The molecule has 6 rings (SSSR count). The third-order valence-corrected chi connectivity index (χ3v) is 6.90. The van der Waals surface area contributed by atoms with Gasteiger partial charge in [0.15, 0.2) is 5.65 Å². The van der Waals surface area contributed by atoms with Crippen molar-refractivity contribution in [2.75, 3.05) is 13.1 Å². The summed E-state index contributed by atoms with van der Waals surface area (Å²) in [5, 5.41) is 12.5. The van der Waals surface area contributed by atoms with Crippen molar-refractivity contribution in [2.45, 2.75) is 32.5 Å². The third kappa shape index (κ3) is 4.65. The van der Waals surface area contributed by atoms with E-state index < -0.39 is 11.7 Å². The predicted octanol–water partition coefficient (Wildman–Crippen LogP) is 4.40. The Labute approximate surface area is 213 Å². The van der Waals surface area contributed by atoms with Crippen molar-refractivity contribution in [1.82, 2.24) is 35.2 Å². The average molecular weight is 496 g/mol. The van der Waals surface area contributed by atoms with E-state index in [1.165, 1.54) is 12.1 Å². The Hall–Kier alpha value is -4.24. The van der Waals surface area contributed by atoms with Crippen LogP contribution in [0.4, 0.5) is 4.39 Å². The Bertz CT molecular complexity index is 1610. The number of pyridine rings is 2. The number of nitrogens with one attached hydrogen (secondary N) is 1. The zero-order chi connectivity index (χ0) is 25.4. The van der Waals surface area contributed by atoms with E-state index in [-0.39, 0.29) is 11.7 Å². The van der Waals surface area contributed by atoms with Gasteiger partial charge in [-0.25, -0.2) is 14.1 Å². The summed E-state index contributed by atoms with van der Waals surface area (Å²) in [5.74, 6) is -0.998. The summed E-state index contributed by atoms with van der Waals surface area (Å²) in [5.41, 5.74) is 4.41. The van der Waals surface area contributed by atoms with E-state index in [9.17, 15) is 4.79 Å². The molecule has 1 saturated heterocycles. The van der Waals surface area contributed by atoms with Crippen molar-refractivity contribution in [3.8, 4) is 11.3 Å². The Morgan fingerprint density at radius 1 is 1.05 bits per heavy atom. The van der Waals surface area contributed by atoms with Crippen LogP contribution in [0, 0.1) is 5.82 Å². The number of halogens is 1. The highest BCUT2D eigenvalue weighted by Crippen LogP contribution is 2.24. The zero-order valence-corrected chi connectivity index (χ0v) is 20.4. The van der Waals surface area contributed by atoms with Crippen LogP contribution < -0.4 is 5.32 Å². The lowest BCUT2D eigenvalue weighted by molar-refractivity contribution is 0.0881. The molecular weight excluding hydrogens is 469 g/mol. The summed E-state index contributed by atoms with van der Waals surface area (Å²) in [6, 6.07) is 18.2. The summed E-state index contributed by atoms with van der Waals surface area (Å²) in [7, 11) is 0. The molecule has 0 saturated carbocycles. The van der Waals surface area contributed by atoms with Gasteiger partial charge in [-0.15, -0.1) is 5.10 Å². The molecular formula is C28H26FN7O. The molecule has 5 aromatic rings. The molecule has 0 bridgehead atoms. The first-order chi connectivity index (χ1) is 18.0. The number of hydrogen-bond donors (Lipinski definition) is 1. The molecule has 1 unspecified atom stereocenters. The molecule has 2 aromatic carbocycles. The van der Waals surface area contributed by atoms with Gasteiger partial charge in [0.1, 0.15) is 11.3 Å². The topological polar surface area (TPSA) is 88.8 Å². The summed E-state index contributed by atoms with van der Waals surface area (Å²) in [4.78, 5) is 24.0. The summed E-state index contributed by atoms with van der Waals surface area (Å²) >= 11 is 0. The number of fused-ring (bicyclic) bond motifs is 2. The van der Waals surface area contributed by atoms with E-state index in [1.54, 1.807) is 23.0 Å².